The van der Waals surface area contributed by atoms with Gasteiger partial charge in [-0.1, -0.05) is 48.5 Å². The molecule has 38 heavy (non-hydrogen) atoms. The van der Waals surface area contributed by atoms with Crippen molar-refractivity contribution in [3.63, 3.8) is 0 Å². The summed E-state index contributed by atoms with van der Waals surface area (Å²) in [4.78, 5) is 0. The van der Waals surface area contributed by atoms with Crippen LogP contribution >= 0.6 is 0 Å². The van der Waals surface area contributed by atoms with Gasteiger partial charge in [-0.15, -0.1) is 0 Å². The number of hydrogen-bond acceptors (Lipinski definition) is 1. The number of rotatable bonds is 1. The van der Waals surface area contributed by atoms with Crippen molar-refractivity contribution >= 4 is 16.3 Å². The molecule has 8 rings (SSSR count). The number of aryl methyl sites for hydroxylation is 1. The molecule has 0 spiro atoms. The molecule has 2 aliphatic rings. The number of nitriles is 1. The highest BCUT2D eigenvalue weighted by atomic mass is 15.1. The van der Waals surface area contributed by atoms with E-state index in [4.69, 9.17) is 0 Å². The molecule has 3 heteroatoms. The van der Waals surface area contributed by atoms with Crippen LogP contribution in [0.25, 0.3) is 38.7 Å². The third kappa shape index (κ3) is 2.89. The van der Waals surface area contributed by atoms with Gasteiger partial charge in [-0.25, -0.2) is 0 Å². The van der Waals surface area contributed by atoms with E-state index in [1.807, 2.05) is 6.07 Å². The van der Waals surface area contributed by atoms with Crippen molar-refractivity contribution in [3.8, 4) is 28.5 Å². The van der Waals surface area contributed by atoms with Gasteiger partial charge in [0.05, 0.1) is 28.5 Å². The van der Waals surface area contributed by atoms with Crippen molar-refractivity contribution < 1.29 is 8.97 Å². The Labute approximate surface area is 221 Å². The Bertz CT molecular complexity index is 1980. The predicted molar refractivity (Wildman–Crippen MR) is 149 cm³/mol. The van der Waals surface area contributed by atoms with E-state index >= 15 is 0 Å². The van der Waals surface area contributed by atoms with Gasteiger partial charge in [0.25, 0.3) is 5.69 Å². The van der Waals surface area contributed by atoms with E-state index in [0.717, 1.165) is 12.0 Å². The van der Waals surface area contributed by atoms with Gasteiger partial charge in [0.1, 0.15) is 0 Å². The molecule has 0 fully saturated rings. The summed E-state index contributed by atoms with van der Waals surface area (Å²) in [6, 6.07) is 37.2. The van der Waals surface area contributed by atoms with E-state index in [1.165, 1.54) is 61.1 Å². The van der Waals surface area contributed by atoms with Crippen LogP contribution in [-0.4, -0.2) is 0 Å². The third-order valence-electron chi connectivity index (χ3n) is 8.52. The minimum atomic E-state index is 0.143. The second-order valence-corrected chi connectivity index (χ2v) is 10.6. The van der Waals surface area contributed by atoms with Crippen LogP contribution in [0.15, 0.2) is 109 Å². The molecular formula is C35H25N3+2. The van der Waals surface area contributed by atoms with Gasteiger partial charge in [-0.2, -0.15) is 14.2 Å². The van der Waals surface area contributed by atoms with Gasteiger partial charge < -0.3 is 0 Å². The van der Waals surface area contributed by atoms with Crippen LogP contribution in [0.5, 0.6) is 0 Å². The van der Waals surface area contributed by atoms with Gasteiger partial charge >= 0.3 is 0 Å². The van der Waals surface area contributed by atoms with Crippen LogP contribution in [0.2, 0.25) is 0 Å². The van der Waals surface area contributed by atoms with Gasteiger partial charge in [0.2, 0.25) is 17.3 Å². The summed E-state index contributed by atoms with van der Waals surface area (Å²) in [7, 11) is 0. The van der Waals surface area contributed by atoms with Gasteiger partial charge in [-0.05, 0) is 66.3 Å². The standard InChI is InChI=1S/C35H25N3/c1-22-11-15-32-28-14-12-23(19-36)17-29(28)31-18-30-26-9-5-6-10-27(26)33-16-13-25(24-7-3-2-4-8-24)21-38(33)34(30)35(31)37(32)20-22/h2-17,20-21,31,35H,18H2,1H3/q+2. The Kier molecular flexibility index (Phi) is 4.39. The number of nitrogens with zero attached hydrogens (tertiary/aromatic N) is 3. The van der Waals surface area contributed by atoms with Gasteiger partial charge in [-0.3, -0.25) is 0 Å². The smallest absolute Gasteiger partial charge is 0.192 e. The van der Waals surface area contributed by atoms with E-state index in [-0.39, 0.29) is 12.0 Å². The van der Waals surface area contributed by atoms with Gasteiger partial charge in [0, 0.05) is 28.8 Å². The largest absolute Gasteiger partial charge is 0.261 e. The Hall–Kier alpha value is -4.81. The van der Waals surface area contributed by atoms with Gasteiger partial charge in [0.15, 0.2) is 12.4 Å². The lowest BCUT2D eigenvalue weighted by Gasteiger charge is -2.25. The highest BCUT2D eigenvalue weighted by Gasteiger charge is 2.52. The Morgan fingerprint density at radius 3 is 2.45 bits per heavy atom. The highest BCUT2D eigenvalue weighted by molar-refractivity contribution is 5.97. The minimum absolute atomic E-state index is 0.143. The lowest BCUT2D eigenvalue weighted by molar-refractivity contribution is -0.724. The molecule has 4 heterocycles. The molecular weight excluding hydrogens is 462 g/mol. The molecule has 0 bridgehead atoms. The fourth-order valence-electron chi connectivity index (χ4n) is 6.90. The monoisotopic (exact) mass is 487 g/mol. The third-order valence-corrected chi connectivity index (χ3v) is 8.52. The molecule has 0 amide bonds. The quantitative estimate of drug-likeness (QED) is 0.189. The average molecular weight is 488 g/mol. The molecule has 3 nitrogen and oxygen atoms in total. The second-order valence-electron chi connectivity index (χ2n) is 10.6. The summed E-state index contributed by atoms with van der Waals surface area (Å²) in [5.74, 6) is 0.259. The van der Waals surface area contributed by atoms with Crippen molar-refractivity contribution in [2.75, 3.05) is 0 Å². The maximum Gasteiger partial charge on any atom is 0.261 e. The maximum atomic E-state index is 9.75. The number of aromatic nitrogens is 2. The predicted octanol–water partition coefficient (Wildman–Crippen LogP) is 6.62. The normalized spacial score (nSPS) is 16.9. The molecule has 3 aromatic heterocycles. The summed E-state index contributed by atoms with van der Waals surface area (Å²) in [5.41, 5.74) is 12.1. The van der Waals surface area contributed by atoms with E-state index in [9.17, 15) is 5.26 Å². The average Bonchev–Trinajstić information content (AvgIpc) is 3.39. The summed E-state index contributed by atoms with van der Waals surface area (Å²) in [6.07, 6.45) is 5.59. The zero-order chi connectivity index (χ0) is 25.4. The molecule has 0 saturated carbocycles. The fourth-order valence-corrected chi connectivity index (χ4v) is 6.90. The summed E-state index contributed by atoms with van der Waals surface area (Å²) in [6.45, 7) is 2.17. The first-order chi connectivity index (χ1) is 18.7. The van der Waals surface area contributed by atoms with Crippen LogP contribution in [0.1, 0.15) is 39.9 Å². The topological polar surface area (TPSA) is 31.8 Å². The number of fused-ring (bicyclic) bond motifs is 13. The molecule has 178 valence electrons. The minimum Gasteiger partial charge on any atom is -0.192 e. The molecule has 2 atom stereocenters. The molecule has 2 unspecified atom stereocenters. The molecule has 3 aromatic carbocycles. The zero-order valence-electron chi connectivity index (χ0n) is 21.1. The van der Waals surface area contributed by atoms with Crippen LogP contribution in [0.3, 0.4) is 0 Å². The van der Waals surface area contributed by atoms with Crippen LogP contribution in [0.4, 0.5) is 0 Å². The first kappa shape index (κ1) is 21.3. The Morgan fingerprint density at radius 2 is 1.61 bits per heavy atom. The SMILES string of the molecule is Cc1ccc2[n+](c1)C1c3c(c4ccccc4c4ccc(-c5ccccc5)c[n+]34)CC1c1cc(C#N)ccc1-2. The molecule has 1 aliphatic heterocycles. The Balaban J connectivity index is 1.50. The lowest BCUT2D eigenvalue weighted by Crippen LogP contribution is -2.50. The summed E-state index contributed by atoms with van der Waals surface area (Å²) >= 11 is 0. The molecule has 1 aliphatic carbocycles. The fraction of sp³-hybridized carbons (Fsp3) is 0.114. The van der Waals surface area contributed by atoms with E-state index in [2.05, 4.69) is 125 Å². The molecule has 0 N–H and O–H groups in total. The lowest BCUT2D eigenvalue weighted by atomic mass is 9.83. The molecule has 0 saturated heterocycles. The van der Waals surface area contributed by atoms with Crippen molar-refractivity contribution in [1.29, 1.82) is 5.26 Å². The number of pyridine rings is 3. The van der Waals surface area contributed by atoms with Crippen LogP contribution in [0, 0.1) is 18.3 Å². The second kappa shape index (κ2) is 7.84. The summed E-state index contributed by atoms with van der Waals surface area (Å²) < 4.78 is 4.96. The molecule has 0 radical (unpaired) electrons. The number of hydrogen-bond donors (Lipinski definition) is 0. The van der Waals surface area contributed by atoms with Crippen molar-refractivity contribution in [3.05, 3.63) is 137 Å². The van der Waals surface area contributed by atoms with E-state index < -0.39 is 0 Å². The first-order valence-electron chi connectivity index (χ1n) is 13.2. The Morgan fingerprint density at radius 1 is 0.789 bits per heavy atom. The van der Waals surface area contributed by atoms with E-state index in [0.29, 0.717) is 0 Å². The van der Waals surface area contributed by atoms with Crippen molar-refractivity contribution in [2.24, 2.45) is 0 Å². The highest BCUT2D eigenvalue weighted by Crippen LogP contribution is 2.49. The first-order valence-corrected chi connectivity index (χ1v) is 13.2. The number of benzene rings is 3. The zero-order valence-corrected chi connectivity index (χ0v) is 21.1. The summed E-state index contributed by atoms with van der Waals surface area (Å²) in [5, 5.41) is 12.4. The van der Waals surface area contributed by atoms with Crippen molar-refractivity contribution in [2.45, 2.75) is 25.3 Å². The van der Waals surface area contributed by atoms with Crippen molar-refractivity contribution in [1.82, 2.24) is 0 Å². The van der Waals surface area contributed by atoms with Crippen LogP contribution < -0.4 is 8.97 Å². The molecule has 6 aromatic rings. The van der Waals surface area contributed by atoms with E-state index in [1.54, 1.807) is 0 Å². The van der Waals surface area contributed by atoms with Crippen LogP contribution in [-0.2, 0) is 6.42 Å². The maximum absolute atomic E-state index is 9.75.